The van der Waals surface area contributed by atoms with Crippen LogP contribution in [-0.2, 0) is 14.8 Å². The second-order valence-corrected chi connectivity index (χ2v) is 8.42. The molecule has 9 nitrogen and oxygen atoms in total. The summed E-state index contributed by atoms with van der Waals surface area (Å²) >= 11 is 0. The van der Waals surface area contributed by atoms with Gasteiger partial charge in [-0.2, -0.15) is 4.31 Å². The first-order valence-electron chi connectivity index (χ1n) is 8.66. The van der Waals surface area contributed by atoms with Crippen molar-refractivity contribution < 1.29 is 18.1 Å². The summed E-state index contributed by atoms with van der Waals surface area (Å²) in [5.74, 6) is 0.0251. The fourth-order valence-corrected chi connectivity index (χ4v) is 4.80. The lowest BCUT2D eigenvalue weighted by Gasteiger charge is -2.36. The van der Waals surface area contributed by atoms with Crippen molar-refractivity contribution in [1.82, 2.24) is 14.5 Å². The van der Waals surface area contributed by atoms with Crippen molar-refractivity contribution in [2.24, 2.45) is 0 Å². The normalized spacial score (nSPS) is 21.3. The Morgan fingerprint density at radius 1 is 1.19 bits per heavy atom. The van der Waals surface area contributed by atoms with Crippen molar-refractivity contribution in [3.63, 3.8) is 0 Å². The predicted octanol–water partition coefficient (Wildman–Crippen LogP) is 0.992. The average molecular weight is 419 g/mol. The molecule has 2 aliphatic heterocycles. The number of halogens is 1. The van der Waals surface area contributed by atoms with Crippen LogP contribution < -0.4 is 5.32 Å². The first-order chi connectivity index (χ1) is 12.4. The number of piperidine rings is 1. The zero-order valence-electron chi connectivity index (χ0n) is 14.7. The van der Waals surface area contributed by atoms with Gasteiger partial charge in [-0.15, -0.1) is 12.4 Å². The first-order valence-corrected chi connectivity index (χ1v) is 10.1. The van der Waals surface area contributed by atoms with Gasteiger partial charge in [-0.05, 0) is 25.5 Å². The summed E-state index contributed by atoms with van der Waals surface area (Å²) < 4.78 is 26.7. The fraction of sp³-hybridized carbons (Fsp3) is 0.562. The van der Waals surface area contributed by atoms with Crippen LogP contribution in [0.3, 0.4) is 0 Å². The van der Waals surface area contributed by atoms with Gasteiger partial charge in [0.1, 0.15) is 0 Å². The van der Waals surface area contributed by atoms with E-state index < -0.39 is 14.9 Å². The number of rotatable bonds is 4. The summed E-state index contributed by atoms with van der Waals surface area (Å²) in [5.41, 5.74) is -0.261. The molecule has 150 valence electrons. The van der Waals surface area contributed by atoms with Crippen LogP contribution in [0.25, 0.3) is 0 Å². The van der Waals surface area contributed by atoms with Crippen LogP contribution in [0.2, 0.25) is 0 Å². The lowest BCUT2D eigenvalue weighted by Crippen LogP contribution is -2.55. The molecule has 1 aromatic rings. The van der Waals surface area contributed by atoms with E-state index in [2.05, 4.69) is 5.32 Å². The Morgan fingerprint density at radius 2 is 1.89 bits per heavy atom. The number of piperazine rings is 1. The highest BCUT2D eigenvalue weighted by Gasteiger charge is 2.33. The number of carbonyl (C=O) groups excluding carboxylic acids is 1. The van der Waals surface area contributed by atoms with Gasteiger partial charge in [-0.1, -0.05) is 12.5 Å². The third-order valence-electron chi connectivity index (χ3n) is 4.82. The third kappa shape index (κ3) is 4.75. The Bertz CT molecular complexity index is 790. The van der Waals surface area contributed by atoms with Gasteiger partial charge in [-0.3, -0.25) is 14.9 Å². The average Bonchev–Trinajstić information content (AvgIpc) is 2.68. The molecule has 2 saturated heterocycles. The second-order valence-electron chi connectivity index (χ2n) is 6.49. The number of nitro benzene ring substituents is 1. The molecule has 2 fully saturated rings. The minimum absolute atomic E-state index is 0. The van der Waals surface area contributed by atoms with Crippen molar-refractivity contribution in [2.45, 2.75) is 30.2 Å². The first kappa shape index (κ1) is 21.5. The van der Waals surface area contributed by atoms with Crippen molar-refractivity contribution in [1.29, 1.82) is 0 Å². The zero-order chi connectivity index (χ0) is 18.7. The number of amides is 1. The summed E-state index contributed by atoms with van der Waals surface area (Å²) in [6, 6.07) is 4.86. The van der Waals surface area contributed by atoms with Crippen LogP contribution in [0.5, 0.6) is 0 Å². The highest BCUT2D eigenvalue weighted by molar-refractivity contribution is 7.89. The molecule has 1 N–H and O–H groups in total. The largest absolute Gasteiger partial charge is 0.339 e. The molecule has 1 unspecified atom stereocenters. The van der Waals surface area contributed by atoms with Crippen LogP contribution in [0.1, 0.15) is 19.3 Å². The minimum Gasteiger partial charge on any atom is -0.339 e. The van der Waals surface area contributed by atoms with Crippen LogP contribution >= 0.6 is 12.4 Å². The standard InChI is InChI=1S/C16H22N4O5S.ClH/c21-16(15-6-1-2-7-17-15)18-8-10-19(11-9-18)26(24,25)14-5-3-4-13(12-14)20(22)23;/h3-5,12,15,17H,1-2,6-11H2;1H. The molecule has 0 saturated carbocycles. The van der Waals surface area contributed by atoms with E-state index in [1.54, 1.807) is 4.90 Å². The lowest BCUT2D eigenvalue weighted by molar-refractivity contribution is -0.385. The monoisotopic (exact) mass is 418 g/mol. The molecule has 1 atom stereocenters. The molecule has 1 amide bonds. The van der Waals surface area contributed by atoms with Crippen LogP contribution in [0, 0.1) is 10.1 Å². The van der Waals surface area contributed by atoms with Gasteiger partial charge in [0, 0.05) is 38.3 Å². The number of nitrogens with zero attached hydrogens (tertiary/aromatic N) is 3. The number of nitro groups is 1. The fourth-order valence-electron chi connectivity index (χ4n) is 3.34. The van der Waals surface area contributed by atoms with Crippen LogP contribution in [0.15, 0.2) is 29.2 Å². The molecular weight excluding hydrogens is 396 g/mol. The van der Waals surface area contributed by atoms with Gasteiger partial charge in [0.05, 0.1) is 15.9 Å². The van der Waals surface area contributed by atoms with Crippen LogP contribution in [0.4, 0.5) is 5.69 Å². The van der Waals surface area contributed by atoms with Gasteiger partial charge in [0.2, 0.25) is 15.9 Å². The molecule has 11 heteroatoms. The molecule has 2 heterocycles. The smallest absolute Gasteiger partial charge is 0.270 e. The molecule has 0 radical (unpaired) electrons. The summed E-state index contributed by atoms with van der Waals surface area (Å²) in [7, 11) is -3.82. The molecule has 0 spiro atoms. The van der Waals surface area contributed by atoms with E-state index in [9.17, 15) is 23.3 Å². The third-order valence-corrected chi connectivity index (χ3v) is 6.72. The van der Waals surface area contributed by atoms with Crippen molar-refractivity contribution >= 4 is 34.0 Å². The minimum atomic E-state index is -3.82. The van der Waals surface area contributed by atoms with Crippen molar-refractivity contribution in [3.05, 3.63) is 34.4 Å². The van der Waals surface area contributed by atoms with E-state index in [4.69, 9.17) is 0 Å². The van der Waals surface area contributed by atoms with E-state index in [0.29, 0.717) is 13.1 Å². The Balaban J connectivity index is 0.00000261. The van der Waals surface area contributed by atoms with E-state index >= 15 is 0 Å². The lowest BCUT2D eigenvalue weighted by atomic mass is 10.0. The highest BCUT2D eigenvalue weighted by Crippen LogP contribution is 2.22. The molecule has 0 aromatic heterocycles. The Labute approximate surface area is 164 Å². The highest BCUT2D eigenvalue weighted by atomic mass is 35.5. The SMILES string of the molecule is Cl.O=C(C1CCCCN1)N1CCN(S(=O)(=O)c2cccc([N+](=O)[O-])c2)CC1. The molecule has 27 heavy (non-hydrogen) atoms. The Kier molecular flexibility index (Phi) is 7.15. The van der Waals surface area contributed by atoms with E-state index in [-0.39, 0.29) is 48.0 Å². The number of carbonyl (C=O) groups is 1. The number of hydrogen-bond acceptors (Lipinski definition) is 6. The second kappa shape index (κ2) is 8.96. The summed E-state index contributed by atoms with van der Waals surface area (Å²) in [6.07, 6.45) is 2.90. The number of benzene rings is 1. The molecule has 0 bridgehead atoms. The van der Waals surface area contributed by atoms with E-state index in [1.807, 2.05) is 0 Å². The van der Waals surface area contributed by atoms with E-state index in [1.165, 1.54) is 22.5 Å². The van der Waals surface area contributed by atoms with Gasteiger partial charge in [-0.25, -0.2) is 8.42 Å². The van der Waals surface area contributed by atoms with Gasteiger partial charge in [0.15, 0.2) is 0 Å². The topological polar surface area (TPSA) is 113 Å². The van der Waals surface area contributed by atoms with Crippen molar-refractivity contribution in [3.8, 4) is 0 Å². The Morgan fingerprint density at radius 3 is 2.48 bits per heavy atom. The van der Waals surface area contributed by atoms with E-state index in [0.717, 1.165) is 31.9 Å². The quantitative estimate of drug-likeness (QED) is 0.576. The van der Waals surface area contributed by atoms with Gasteiger partial charge < -0.3 is 10.2 Å². The van der Waals surface area contributed by atoms with Crippen LogP contribution in [-0.4, -0.2) is 67.2 Å². The summed E-state index contributed by atoms with van der Waals surface area (Å²) in [5, 5.41) is 14.1. The number of nitrogens with one attached hydrogen (secondary N) is 1. The maximum atomic E-state index is 12.7. The number of sulfonamides is 1. The maximum Gasteiger partial charge on any atom is 0.270 e. The molecule has 2 aliphatic rings. The summed E-state index contributed by atoms with van der Waals surface area (Å²) in [6.45, 7) is 1.85. The number of hydrogen-bond donors (Lipinski definition) is 1. The predicted molar refractivity (Wildman–Crippen MR) is 101 cm³/mol. The van der Waals surface area contributed by atoms with Gasteiger partial charge in [0.25, 0.3) is 5.69 Å². The maximum absolute atomic E-state index is 12.7. The Hall–Kier alpha value is -1.75. The summed E-state index contributed by atoms with van der Waals surface area (Å²) in [4.78, 5) is 24.4. The molecule has 0 aliphatic carbocycles. The van der Waals surface area contributed by atoms with Gasteiger partial charge >= 0.3 is 0 Å². The van der Waals surface area contributed by atoms with Crippen molar-refractivity contribution in [2.75, 3.05) is 32.7 Å². The molecule has 1 aromatic carbocycles. The zero-order valence-corrected chi connectivity index (χ0v) is 16.4. The molecular formula is C16H23ClN4O5S. The number of non-ortho nitro benzene ring substituents is 1. The molecule has 3 rings (SSSR count).